The number of para-hydroxylation sites is 1. The van der Waals surface area contributed by atoms with Crippen molar-refractivity contribution < 1.29 is 0 Å². The molecule has 2 aliphatic carbocycles. The van der Waals surface area contributed by atoms with Gasteiger partial charge in [-0.2, -0.15) is 0 Å². The Labute approximate surface area is 368 Å². The van der Waals surface area contributed by atoms with E-state index in [1.54, 1.807) is 0 Å². The number of allylic oxidation sites excluding steroid dienone is 4. The molecule has 0 amide bonds. The van der Waals surface area contributed by atoms with Crippen molar-refractivity contribution in [2.75, 3.05) is 4.90 Å². The molecule has 0 spiro atoms. The molecule has 300 valence electrons. The minimum absolute atomic E-state index is 0.828. The summed E-state index contributed by atoms with van der Waals surface area (Å²) in [7, 11) is 2.20. The van der Waals surface area contributed by atoms with E-state index in [1.165, 1.54) is 104 Å². The summed E-state index contributed by atoms with van der Waals surface area (Å²) >= 11 is 0. The highest BCUT2D eigenvalue weighted by molar-refractivity contribution is 6.13. The first-order valence-corrected chi connectivity index (χ1v) is 22.2. The summed E-state index contributed by atoms with van der Waals surface area (Å²) in [5.74, 6) is 0. The van der Waals surface area contributed by atoms with Crippen LogP contribution in [0.4, 0.5) is 17.1 Å². The summed E-state index contributed by atoms with van der Waals surface area (Å²) in [6.07, 6.45) is 12.3. The minimum Gasteiger partial charge on any atom is -0.344 e. The van der Waals surface area contributed by atoms with Gasteiger partial charge in [-0.15, -0.1) is 0 Å². The van der Waals surface area contributed by atoms with E-state index >= 15 is 0 Å². The Bertz CT molecular complexity index is 3600. The number of aromatic nitrogens is 1. The zero-order chi connectivity index (χ0) is 42.0. The summed E-state index contributed by atoms with van der Waals surface area (Å²) in [6.45, 7) is 2.16. The van der Waals surface area contributed by atoms with Crippen LogP contribution in [0.2, 0.25) is 0 Å². The predicted octanol–water partition coefficient (Wildman–Crippen LogP) is 16.3. The van der Waals surface area contributed by atoms with Crippen molar-refractivity contribution in [1.29, 1.82) is 0 Å². The van der Waals surface area contributed by atoms with Gasteiger partial charge in [0.1, 0.15) is 0 Å². The molecule has 2 bridgehead atoms. The number of anilines is 3. The molecule has 2 heteroatoms. The van der Waals surface area contributed by atoms with Gasteiger partial charge in [0.05, 0.1) is 5.69 Å². The van der Waals surface area contributed by atoms with E-state index < -0.39 is 0 Å². The summed E-state index contributed by atoms with van der Waals surface area (Å²) in [5, 5.41) is 10.2. The van der Waals surface area contributed by atoms with Gasteiger partial charge in [-0.1, -0.05) is 157 Å². The monoisotopic (exact) mass is 806 g/mol. The van der Waals surface area contributed by atoms with Crippen LogP contribution in [-0.4, -0.2) is 4.57 Å². The Morgan fingerprint density at radius 3 is 2.27 bits per heavy atom. The number of hydrogen-bond acceptors (Lipinski definition) is 1. The maximum atomic E-state index is 2.45. The molecule has 10 aromatic rings. The van der Waals surface area contributed by atoms with Crippen LogP contribution in [-0.2, 0) is 19.9 Å². The average molecular weight is 807 g/mol. The van der Waals surface area contributed by atoms with Crippen molar-refractivity contribution in [3.63, 3.8) is 0 Å². The molecule has 1 aromatic heterocycles. The third kappa shape index (κ3) is 6.41. The fourth-order valence-corrected chi connectivity index (χ4v) is 10.4. The van der Waals surface area contributed by atoms with Crippen molar-refractivity contribution in [1.82, 2.24) is 4.57 Å². The first-order chi connectivity index (χ1) is 31.0. The molecule has 1 heterocycles. The summed E-state index contributed by atoms with van der Waals surface area (Å²) in [4.78, 5) is 2.43. The second kappa shape index (κ2) is 15.0. The summed E-state index contributed by atoms with van der Waals surface area (Å²) < 4.78 is 2.35. The SMILES string of the molecule is Cc1cccc2ccc3c(N(c4ccccc4)c4ccc5c(c4)c4cc(C(=Cc6ccccc6)Cc6ccc7c8c9c(ccc68)C=CCC9=CC7)ccc4n5C)ccc(cc1)c3c2. The van der Waals surface area contributed by atoms with Crippen LogP contribution in [0.5, 0.6) is 0 Å². The van der Waals surface area contributed by atoms with E-state index in [0.29, 0.717) is 0 Å². The first-order valence-electron chi connectivity index (χ1n) is 22.2. The molecule has 9 aromatic carbocycles. The number of rotatable bonds is 7. The molecule has 0 saturated heterocycles. The molecule has 0 atom stereocenters. The van der Waals surface area contributed by atoms with E-state index in [4.69, 9.17) is 0 Å². The molecule has 2 nitrogen and oxygen atoms in total. The molecular weight excluding hydrogens is 761 g/mol. The molecule has 0 radical (unpaired) electrons. The van der Waals surface area contributed by atoms with Crippen LogP contribution in [0.25, 0.3) is 77.4 Å². The Morgan fingerprint density at radius 2 is 1.40 bits per heavy atom. The predicted molar refractivity (Wildman–Crippen MR) is 271 cm³/mol. The second-order valence-electron chi connectivity index (χ2n) is 17.4. The first kappa shape index (κ1) is 37.1. The van der Waals surface area contributed by atoms with Gasteiger partial charge in [0.25, 0.3) is 0 Å². The molecule has 12 rings (SSSR count). The van der Waals surface area contributed by atoms with Crippen molar-refractivity contribution in [3.8, 4) is 0 Å². The van der Waals surface area contributed by atoms with Crippen molar-refractivity contribution >= 4 is 94.5 Å². The highest BCUT2D eigenvalue weighted by Crippen LogP contribution is 2.45. The smallest absolute Gasteiger partial charge is 0.0540 e. The van der Waals surface area contributed by atoms with E-state index in [9.17, 15) is 0 Å². The fraction of sp³-hybridized carbons (Fsp3) is 0.0820. The number of hydrogen-bond donors (Lipinski definition) is 0. The van der Waals surface area contributed by atoms with E-state index in [1.807, 2.05) is 0 Å². The Kier molecular flexibility index (Phi) is 8.86. The lowest BCUT2D eigenvalue weighted by molar-refractivity contribution is 1.01. The van der Waals surface area contributed by atoms with Gasteiger partial charge in [0, 0.05) is 45.6 Å². The molecule has 2 aliphatic rings. The average Bonchev–Trinajstić information content (AvgIpc) is 3.61. The molecule has 0 N–H and O–H groups in total. The zero-order valence-corrected chi connectivity index (χ0v) is 35.6. The lowest BCUT2D eigenvalue weighted by atomic mass is 9.80. The van der Waals surface area contributed by atoms with Crippen LogP contribution >= 0.6 is 0 Å². The van der Waals surface area contributed by atoms with Gasteiger partial charge in [0.15, 0.2) is 0 Å². The highest BCUT2D eigenvalue weighted by Gasteiger charge is 2.22. The minimum atomic E-state index is 0.828. The fourth-order valence-electron chi connectivity index (χ4n) is 10.4. The van der Waals surface area contributed by atoms with Crippen LogP contribution in [0, 0.1) is 6.92 Å². The third-order valence-electron chi connectivity index (χ3n) is 13.5. The van der Waals surface area contributed by atoms with Crippen LogP contribution in [0.15, 0.2) is 194 Å². The third-order valence-corrected chi connectivity index (χ3v) is 13.5. The maximum absolute atomic E-state index is 2.45. The summed E-state index contributed by atoms with van der Waals surface area (Å²) in [5.41, 5.74) is 17.9. The number of aryl methyl sites for hydroxylation is 2. The molecule has 0 saturated carbocycles. The van der Waals surface area contributed by atoms with Crippen molar-refractivity contribution in [3.05, 3.63) is 233 Å². The largest absolute Gasteiger partial charge is 0.344 e. The molecule has 0 aliphatic heterocycles. The summed E-state index contributed by atoms with van der Waals surface area (Å²) in [6, 6.07) is 67.6. The van der Waals surface area contributed by atoms with Crippen molar-refractivity contribution in [2.24, 2.45) is 7.05 Å². The van der Waals surface area contributed by atoms with E-state index in [0.717, 1.165) is 36.3 Å². The van der Waals surface area contributed by atoms with Crippen LogP contribution in [0.3, 0.4) is 0 Å². The highest BCUT2D eigenvalue weighted by atomic mass is 15.1. The number of nitrogens with zero attached hydrogens (tertiary/aromatic N) is 2. The molecule has 63 heavy (non-hydrogen) atoms. The lowest BCUT2D eigenvalue weighted by Crippen LogP contribution is -2.10. The molecule has 0 unspecified atom stereocenters. The maximum Gasteiger partial charge on any atom is 0.0540 e. The van der Waals surface area contributed by atoms with Crippen LogP contribution in [0.1, 0.15) is 45.4 Å². The Balaban J connectivity index is 1.03. The van der Waals surface area contributed by atoms with E-state index in [2.05, 4.69) is 230 Å². The number of fused-ring (bicyclic) bond motifs is 4. The standard InChI is InChI=1S/C61H46N2/c1-40-11-9-14-42-20-30-53-54(36-42)43(21-19-40)27-33-59(53)63(50-17-7-4-8-18-50)51-29-34-58-56(39-51)55-38-47(28-32-57(55)62(58)2)49(35-41-12-5-3-6-13-41)37-48-25-24-46-23-22-44-15-10-16-45-26-31-52(48)61(46)60(44)45/h3-14,16-22,24-36,38-39H,15,23,37H2,1-2H3. The Morgan fingerprint density at radius 1 is 0.603 bits per heavy atom. The van der Waals surface area contributed by atoms with Gasteiger partial charge in [0.2, 0.25) is 0 Å². The van der Waals surface area contributed by atoms with Gasteiger partial charge in [-0.25, -0.2) is 0 Å². The van der Waals surface area contributed by atoms with Gasteiger partial charge in [-0.05, 0) is 152 Å². The van der Waals surface area contributed by atoms with Gasteiger partial charge >= 0.3 is 0 Å². The zero-order valence-electron chi connectivity index (χ0n) is 35.6. The quantitative estimate of drug-likeness (QED) is 0.146. The normalized spacial score (nSPS) is 13.3. The van der Waals surface area contributed by atoms with Gasteiger partial charge in [-0.3, -0.25) is 0 Å². The van der Waals surface area contributed by atoms with Gasteiger partial charge < -0.3 is 9.47 Å². The topological polar surface area (TPSA) is 8.17 Å². The Hall–Kier alpha value is -7.68. The second-order valence-corrected chi connectivity index (χ2v) is 17.4. The lowest BCUT2D eigenvalue weighted by Gasteiger charge is -2.27. The molecule has 0 fully saturated rings. The van der Waals surface area contributed by atoms with Crippen LogP contribution < -0.4 is 4.90 Å². The molecular formula is C61H46N2. The number of benzene rings is 8. The van der Waals surface area contributed by atoms with Crippen molar-refractivity contribution in [2.45, 2.75) is 26.2 Å². The van der Waals surface area contributed by atoms with E-state index in [-0.39, 0.29) is 0 Å².